The lowest BCUT2D eigenvalue weighted by Gasteiger charge is -2.18. The third-order valence-corrected chi connectivity index (χ3v) is 6.06. The lowest BCUT2D eigenvalue weighted by Crippen LogP contribution is -2.45. The van der Waals surface area contributed by atoms with Crippen molar-refractivity contribution in [2.24, 2.45) is 0 Å². The second-order valence-corrected chi connectivity index (χ2v) is 8.17. The number of alkyl carbamates (subject to hydrolysis) is 1. The molecule has 0 aliphatic heterocycles. The molecule has 1 atom stereocenters. The van der Waals surface area contributed by atoms with Gasteiger partial charge in [-0.25, -0.2) is 14.8 Å². The van der Waals surface area contributed by atoms with Gasteiger partial charge in [-0.15, -0.1) is 0 Å². The van der Waals surface area contributed by atoms with Crippen molar-refractivity contribution in [2.75, 3.05) is 11.9 Å². The highest BCUT2D eigenvalue weighted by molar-refractivity contribution is 6.43. The molecule has 1 aliphatic rings. The fourth-order valence-corrected chi connectivity index (χ4v) is 4.08. The number of nitrogens with zero attached hydrogens (tertiary/aromatic N) is 2. The minimum atomic E-state index is -1.45. The van der Waals surface area contributed by atoms with E-state index in [1.54, 1.807) is 0 Å². The van der Waals surface area contributed by atoms with Crippen molar-refractivity contribution in [2.45, 2.75) is 18.4 Å². The first-order valence-corrected chi connectivity index (χ1v) is 10.9. The minimum Gasteiger partial charge on any atom is -0.481 e. The van der Waals surface area contributed by atoms with Crippen molar-refractivity contribution in [3.63, 3.8) is 0 Å². The molecule has 2 aromatic carbocycles. The minimum absolute atomic E-state index is 0.00855. The van der Waals surface area contributed by atoms with Crippen molar-refractivity contribution >= 4 is 47.0 Å². The third kappa shape index (κ3) is 4.95. The number of carboxylic acid groups (broad SMARTS) is 1. The molecule has 4 rings (SSSR count). The van der Waals surface area contributed by atoms with Gasteiger partial charge in [-0.2, -0.15) is 0 Å². The summed E-state index contributed by atoms with van der Waals surface area (Å²) in [5.74, 6) is -2.46. The fourth-order valence-electron chi connectivity index (χ4n) is 3.81. The Bertz CT molecular complexity index is 1220. The number of hydrogen-bond donors (Lipinski definition) is 3. The molecule has 34 heavy (non-hydrogen) atoms. The lowest BCUT2D eigenvalue weighted by atomic mass is 9.98. The van der Waals surface area contributed by atoms with Crippen molar-refractivity contribution < 1.29 is 24.2 Å². The maximum Gasteiger partial charge on any atom is 0.407 e. The van der Waals surface area contributed by atoms with Crippen LogP contribution >= 0.6 is 23.2 Å². The van der Waals surface area contributed by atoms with Gasteiger partial charge in [0.25, 0.3) is 0 Å². The summed E-state index contributed by atoms with van der Waals surface area (Å²) in [5, 5.41) is 13.6. The number of carbonyl (C=O) groups excluding carboxylic acids is 2. The van der Waals surface area contributed by atoms with Gasteiger partial charge in [-0.1, -0.05) is 71.7 Å². The Labute approximate surface area is 204 Å². The molecule has 11 heteroatoms. The molecule has 0 saturated carbocycles. The molecule has 1 unspecified atom stereocenters. The summed E-state index contributed by atoms with van der Waals surface area (Å²) in [5.41, 5.74) is 4.17. The molecular formula is C23H18Cl2N4O5. The SMILES string of the molecule is O=C(O)CC(NC(=O)OCC1c2ccccc2-c2ccccc21)C(=O)Nc1ncnc(Cl)c1Cl. The van der Waals surface area contributed by atoms with E-state index >= 15 is 0 Å². The predicted octanol–water partition coefficient (Wildman–Crippen LogP) is 4.10. The van der Waals surface area contributed by atoms with Crippen LogP contribution in [-0.2, 0) is 14.3 Å². The van der Waals surface area contributed by atoms with Gasteiger partial charge in [0.15, 0.2) is 11.0 Å². The van der Waals surface area contributed by atoms with Crippen LogP contribution in [0, 0.1) is 0 Å². The molecular weight excluding hydrogens is 483 g/mol. The van der Waals surface area contributed by atoms with E-state index in [1.165, 1.54) is 0 Å². The van der Waals surface area contributed by atoms with E-state index in [2.05, 4.69) is 20.6 Å². The number of halogens is 2. The number of carbonyl (C=O) groups is 3. The van der Waals surface area contributed by atoms with E-state index in [0.717, 1.165) is 28.6 Å². The van der Waals surface area contributed by atoms with E-state index in [0.29, 0.717) is 0 Å². The number of carboxylic acids is 1. The highest BCUT2D eigenvalue weighted by atomic mass is 35.5. The van der Waals surface area contributed by atoms with Gasteiger partial charge in [0.05, 0.1) is 6.42 Å². The van der Waals surface area contributed by atoms with Gasteiger partial charge in [-0.3, -0.25) is 9.59 Å². The van der Waals surface area contributed by atoms with Crippen LogP contribution in [0.1, 0.15) is 23.5 Å². The Morgan fingerprint density at radius 3 is 2.24 bits per heavy atom. The second-order valence-electron chi connectivity index (χ2n) is 7.44. The summed E-state index contributed by atoms with van der Waals surface area (Å²) in [7, 11) is 0. The maximum absolute atomic E-state index is 12.6. The zero-order chi connectivity index (χ0) is 24.2. The van der Waals surface area contributed by atoms with Crippen LogP contribution in [0.3, 0.4) is 0 Å². The molecule has 1 aromatic heterocycles. The van der Waals surface area contributed by atoms with E-state index in [4.69, 9.17) is 27.9 Å². The number of fused-ring (bicyclic) bond motifs is 3. The number of ether oxygens (including phenoxy) is 1. The molecule has 2 amide bonds. The first-order chi connectivity index (χ1) is 16.3. The van der Waals surface area contributed by atoms with Gasteiger partial charge < -0.3 is 20.5 Å². The van der Waals surface area contributed by atoms with E-state index in [1.807, 2.05) is 48.5 Å². The molecule has 0 saturated heterocycles. The number of amides is 2. The first kappa shape index (κ1) is 23.5. The number of aromatic nitrogens is 2. The van der Waals surface area contributed by atoms with E-state index < -0.39 is 30.4 Å². The van der Waals surface area contributed by atoms with E-state index in [9.17, 15) is 19.5 Å². The largest absolute Gasteiger partial charge is 0.481 e. The van der Waals surface area contributed by atoms with Crippen LogP contribution in [0.5, 0.6) is 0 Å². The number of aliphatic carboxylic acids is 1. The highest BCUT2D eigenvalue weighted by Gasteiger charge is 2.30. The molecule has 0 radical (unpaired) electrons. The number of hydrogen-bond acceptors (Lipinski definition) is 6. The van der Waals surface area contributed by atoms with Gasteiger partial charge in [0, 0.05) is 5.92 Å². The molecule has 1 heterocycles. The van der Waals surface area contributed by atoms with Crippen LogP contribution in [0.4, 0.5) is 10.6 Å². The molecule has 174 valence electrons. The maximum atomic E-state index is 12.6. The quantitative estimate of drug-likeness (QED) is 0.416. The Morgan fingerprint density at radius 1 is 1.00 bits per heavy atom. The zero-order valence-corrected chi connectivity index (χ0v) is 19.0. The van der Waals surface area contributed by atoms with Gasteiger partial charge >= 0.3 is 12.1 Å². The average Bonchev–Trinajstić information content (AvgIpc) is 3.14. The number of nitrogens with one attached hydrogen (secondary N) is 2. The molecule has 9 nitrogen and oxygen atoms in total. The average molecular weight is 501 g/mol. The summed E-state index contributed by atoms with van der Waals surface area (Å²) < 4.78 is 5.40. The summed E-state index contributed by atoms with van der Waals surface area (Å²) in [4.78, 5) is 43.9. The number of benzene rings is 2. The van der Waals surface area contributed by atoms with Crippen molar-refractivity contribution in [3.8, 4) is 11.1 Å². The van der Waals surface area contributed by atoms with Crippen molar-refractivity contribution in [1.29, 1.82) is 0 Å². The topological polar surface area (TPSA) is 131 Å². The smallest absolute Gasteiger partial charge is 0.407 e. The monoisotopic (exact) mass is 500 g/mol. The molecule has 3 aromatic rings. The second kappa shape index (κ2) is 10.1. The number of rotatable bonds is 7. The van der Waals surface area contributed by atoms with Crippen LogP contribution in [0.15, 0.2) is 54.9 Å². The van der Waals surface area contributed by atoms with Crippen molar-refractivity contribution in [1.82, 2.24) is 15.3 Å². The zero-order valence-electron chi connectivity index (χ0n) is 17.5. The van der Waals surface area contributed by atoms with Crippen molar-refractivity contribution in [3.05, 3.63) is 76.2 Å². The summed E-state index contributed by atoms with van der Waals surface area (Å²) in [6, 6.07) is 14.2. The predicted molar refractivity (Wildman–Crippen MR) is 125 cm³/mol. The van der Waals surface area contributed by atoms with Crippen LogP contribution in [0.25, 0.3) is 11.1 Å². The first-order valence-electron chi connectivity index (χ1n) is 10.1. The number of anilines is 1. The Balaban J connectivity index is 1.44. The van der Waals surface area contributed by atoms with E-state index in [-0.39, 0.29) is 28.5 Å². The standard InChI is InChI=1S/C23H18Cl2N4O5/c24-19-20(25)26-11-27-21(19)29-22(32)17(9-18(30)31)28-23(33)34-10-16-14-7-3-1-5-12(14)13-6-2-4-8-15(13)16/h1-8,11,16-17H,9-10H2,(H,28,33)(H,30,31)(H,26,27,29,32). The van der Waals surface area contributed by atoms with Gasteiger partial charge in [0.2, 0.25) is 5.91 Å². The molecule has 0 spiro atoms. The Morgan fingerprint density at radius 2 is 1.62 bits per heavy atom. The molecule has 0 bridgehead atoms. The normalized spacial score (nSPS) is 12.9. The van der Waals surface area contributed by atoms with Crippen LogP contribution in [0.2, 0.25) is 10.2 Å². The summed E-state index contributed by atoms with van der Waals surface area (Å²) in [6.07, 6.45) is -0.545. The van der Waals surface area contributed by atoms with Crippen LogP contribution < -0.4 is 10.6 Å². The Hall–Kier alpha value is -3.69. The summed E-state index contributed by atoms with van der Waals surface area (Å²) in [6.45, 7) is 0.00855. The molecule has 3 N–H and O–H groups in total. The highest BCUT2D eigenvalue weighted by Crippen LogP contribution is 2.44. The molecule has 0 fully saturated rings. The van der Waals surface area contributed by atoms with Crippen LogP contribution in [-0.4, -0.2) is 45.7 Å². The summed E-state index contributed by atoms with van der Waals surface area (Å²) >= 11 is 11.8. The molecule has 1 aliphatic carbocycles. The van der Waals surface area contributed by atoms with Gasteiger partial charge in [0.1, 0.15) is 24.0 Å². The lowest BCUT2D eigenvalue weighted by molar-refractivity contribution is -0.139. The fraction of sp³-hybridized carbons (Fsp3) is 0.174. The third-order valence-electron chi connectivity index (χ3n) is 5.32. The Kier molecular flexibility index (Phi) is 6.95. The van der Waals surface area contributed by atoms with Gasteiger partial charge in [-0.05, 0) is 22.3 Å².